The molecule has 0 bridgehead atoms. The molecule has 2 aromatic rings. The van der Waals surface area contributed by atoms with Gasteiger partial charge in [0.2, 0.25) is 0 Å². The molecule has 0 fully saturated rings. The van der Waals surface area contributed by atoms with Gasteiger partial charge in [0.25, 0.3) is 22.7 Å². The molecular weight excluding hydrogens is 548 g/mol. The van der Waals surface area contributed by atoms with Gasteiger partial charge < -0.3 is 0 Å². The smallest absolute Gasteiger partial charge is 0.283 e. The Hall–Kier alpha value is -4.29. The zero-order valence-corrected chi connectivity index (χ0v) is 26.1. The summed E-state index contributed by atoms with van der Waals surface area (Å²) in [6, 6.07) is 0. The van der Waals surface area contributed by atoms with Crippen molar-refractivity contribution in [2.45, 2.75) is 106 Å². The molecule has 0 aliphatic rings. The summed E-state index contributed by atoms with van der Waals surface area (Å²) in [5, 5.41) is 49.0. The first-order valence-electron chi connectivity index (χ1n) is 13.4. The van der Waals surface area contributed by atoms with E-state index < -0.39 is 70.9 Å². The number of carbonyl (C=O) groups excluding carboxylic acids is 1. The highest BCUT2D eigenvalue weighted by molar-refractivity contribution is 5.94. The topological polar surface area (TPSA) is 190 Å². The maximum absolute atomic E-state index is 14.1. The number of rotatable bonds is 8. The molecule has 2 atom stereocenters. The fraction of sp³-hybridized carbons (Fsp3) is 0.552. The van der Waals surface area contributed by atoms with Gasteiger partial charge in [-0.1, -0.05) is 55.4 Å². The summed E-state index contributed by atoms with van der Waals surface area (Å²) in [6.07, 6.45) is 0. The van der Waals surface area contributed by atoms with Crippen molar-refractivity contribution in [1.29, 1.82) is 0 Å². The quantitative estimate of drug-likeness (QED) is 0.221. The Morgan fingerprint density at radius 3 is 0.857 bits per heavy atom. The van der Waals surface area contributed by atoms with Crippen molar-refractivity contribution in [1.82, 2.24) is 0 Å². The molecule has 228 valence electrons. The summed E-state index contributed by atoms with van der Waals surface area (Å²) < 4.78 is 0. The van der Waals surface area contributed by atoms with Crippen LogP contribution in [0, 0.1) is 68.2 Å². The van der Waals surface area contributed by atoms with Gasteiger partial charge in [0.05, 0.1) is 19.7 Å². The lowest BCUT2D eigenvalue weighted by molar-refractivity contribution is -0.397. The summed E-state index contributed by atoms with van der Waals surface area (Å²) in [5.74, 6) is -2.79. The van der Waals surface area contributed by atoms with Crippen LogP contribution in [0.1, 0.15) is 112 Å². The van der Waals surface area contributed by atoms with Crippen LogP contribution in [0.3, 0.4) is 0 Å². The molecule has 0 heterocycles. The van der Waals surface area contributed by atoms with Gasteiger partial charge in [0.15, 0.2) is 0 Å². The van der Waals surface area contributed by atoms with Crippen LogP contribution in [-0.4, -0.2) is 25.5 Å². The number of carbonyl (C=O) groups is 1. The van der Waals surface area contributed by atoms with E-state index in [0.29, 0.717) is 0 Å². The van der Waals surface area contributed by atoms with E-state index in [-0.39, 0.29) is 44.5 Å². The molecule has 0 saturated heterocycles. The highest BCUT2D eigenvalue weighted by Gasteiger charge is 2.44. The summed E-state index contributed by atoms with van der Waals surface area (Å²) in [4.78, 5) is 60.3. The predicted octanol–water partition coefficient (Wildman–Crippen LogP) is 7.62. The molecule has 0 radical (unpaired) electrons. The van der Waals surface area contributed by atoms with Crippen molar-refractivity contribution in [2.75, 3.05) is 0 Å². The number of hydrogen-bond donors (Lipinski definition) is 0. The molecule has 2 aromatic carbocycles. The number of nitro groups is 4. The highest BCUT2D eigenvalue weighted by atomic mass is 16.6. The van der Waals surface area contributed by atoms with Crippen molar-refractivity contribution in [3.8, 4) is 0 Å². The average Bonchev–Trinajstić information content (AvgIpc) is 2.80. The summed E-state index contributed by atoms with van der Waals surface area (Å²) in [6.45, 7) is 18.5. The number of nitrogens with zero attached hydrogens (tertiary/aromatic N) is 4. The lowest BCUT2D eigenvalue weighted by atomic mass is 9.74. The zero-order chi connectivity index (χ0) is 33.0. The molecule has 0 aliphatic heterocycles. The van der Waals surface area contributed by atoms with Gasteiger partial charge in [-0.25, -0.2) is 0 Å². The normalized spacial score (nSPS) is 13.4. The van der Waals surface area contributed by atoms with Crippen molar-refractivity contribution in [3.05, 3.63) is 85.0 Å². The van der Waals surface area contributed by atoms with Gasteiger partial charge in [-0.2, -0.15) is 0 Å². The second-order valence-corrected chi connectivity index (χ2v) is 12.8. The standard InChI is InChI=1S/C29H38N4O9/c1-13-19(14(2)24(31(37)38)21(28(7,8)9)23(13)30(35)36)17(5)27(34)18(6)20-15(3)25(32(39)40)22(29(10,11)12)26(16(20)4)33(41)42/h17-18H,1-12H3. The number of Topliss-reactive ketones (excluding diaryl/α,β-unsaturated/α-hetero) is 1. The zero-order valence-electron chi connectivity index (χ0n) is 26.1. The molecule has 2 unspecified atom stereocenters. The molecule has 0 aliphatic carbocycles. The Morgan fingerprint density at radius 2 is 0.714 bits per heavy atom. The van der Waals surface area contributed by atoms with Crippen LogP contribution in [0.5, 0.6) is 0 Å². The minimum Gasteiger partial charge on any atom is -0.298 e. The monoisotopic (exact) mass is 586 g/mol. The summed E-state index contributed by atoms with van der Waals surface area (Å²) >= 11 is 0. The van der Waals surface area contributed by atoms with Crippen molar-refractivity contribution in [3.63, 3.8) is 0 Å². The number of benzene rings is 2. The van der Waals surface area contributed by atoms with E-state index in [1.807, 2.05) is 0 Å². The fourth-order valence-electron chi connectivity index (χ4n) is 6.34. The van der Waals surface area contributed by atoms with Crippen LogP contribution in [0.15, 0.2) is 0 Å². The predicted molar refractivity (Wildman–Crippen MR) is 158 cm³/mol. The Kier molecular flexibility index (Phi) is 9.03. The number of ketones is 1. The molecule has 0 spiro atoms. The van der Waals surface area contributed by atoms with Gasteiger partial charge in [-0.3, -0.25) is 45.3 Å². The third-order valence-electron chi connectivity index (χ3n) is 7.93. The van der Waals surface area contributed by atoms with Crippen LogP contribution in [0.2, 0.25) is 0 Å². The molecule has 42 heavy (non-hydrogen) atoms. The first kappa shape index (κ1) is 33.9. The minimum absolute atomic E-state index is 0.0559. The highest BCUT2D eigenvalue weighted by Crippen LogP contribution is 2.49. The van der Waals surface area contributed by atoms with Gasteiger partial charge in [-0.15, -0.1) is 0 Å². The average molecular weight is 587 g/mol. The Bertz CT molecular complexity index is 1350. The molecule has 0 aromatic heterocycles. The minimum atomic E-state index is -1.12. The van der Waals surface area contributed by atoms with Gasteiger partial charge >= 0.3 is 0 Å². The van der Waals surface area contributed by atoms with E-state index in [0.717, 1.165) is 0 Å². The van der Waals surface area contributed by atoms with Gasteiger partial charge in [0.1, 0.15) is 16.9 Å². The van der Waals surface area contributed by atoms with Crippen LogP contribution >= 0.6 is 0 Å². The SMILES string of the molecule is Cc1c(C(C)C(=O)C(C)c2c(C)c([N+](=O)[O-])c(C(C)(C)C)c([N+](=O)[O-])c2C)c(C)c([N+](=O)[O-])c(C(C)(C)C)c1[N+](=O)[O-]. The molecular formula is C29H38N4O9. The Labute approximate surface area is 243 Å². The molecule has 0 saturated carbocycles. The second kappa shape index (κ2) is 11.2. The third kappa shape index (κ3) is 5.59. The molecule has 13 nitrogen and oxygen atoms in total. The fourth-order valence-corrected chi connectivity index (χ4v) is 6.34. The van der Waals surface area contributed by atoms with Crippen LogP contribution < -0.4 is 0 Å². The van der Waals surface area contributed by atoms with E-state index in [1.54, 1.807) is 41.5 Å². The lowest BCUT2D eigenvalue weighted by Gasteiger charge is -2.27. The first-order chi connectivity index (χ1) is 18.9. The van der Waals surface area contributed by atoms with E-state index in [2.05, 4.69) is 0 Å². The van der Waals surface area contributed by atoms with Crippen LogP contribution in [0.4, 0.5) is 22.7 Å². The number of nitro benzene ring substituents is 4. The summed E-state index contributed by atoms with van der Waals surface area (Å²) in [7, 11) is 0. The molecule has 13 heteroatoms. The third-order valence-corrected chi connectivity index (χ3v) is 7.93. The second-order valence-electron chi connectivity index (χ2n) is 12.8. The first-order valence-corrected chi connectivity index (χ1v) is 13.4. The van der Waals surface area contributed by atoms with E-state index in [9.17, 15) is 45.3 Å². The Balaban J connectivity index is 3.00. The maximum Gasteiger partial charge on any atom is 0.283 e. The van der Waals surface area contributed by atoms with Crippen LogP contribution in [-0.2, 0) is 15.6 Å². The molecule has 0 amide bonds. The van der Waals surface area contributed by atoms with E-state index >= 15 is 0 Å². The van der Waals surface area contributed by atoms with E-state index in [1.165, 1.54) is 41.5 Å². The lowest BCUT2D eigenvalue weighted by Crippen LogP contribution is -2.25. The summed E-state index contributed by atoms with van der Waals surface area (Å²) in [5.41, 5.74) is -3.20. The Morgan fingerprint density at radius 1 is 0.524 bits per heavy atom. The van der Waals surface area contributed by atoms with E-state index in [4.69, 9.17) is 0 Å². The largest absolute Gasteiger partial charge is 0.298 e. The molecule has 2 rings (SSSR count). The van der Waals surface area contributed by atoms with Gasteiger partial charge in [0, 0.05) is 44.9 Å². The van der Waals surface area contributed by atoms with Crippen molar-refractivity contribution in [2.24, 2.45) is 0 Å². The van der Waals surface area contributed by atoms with Crippen molar-refractivity contribution < 1.29 is 24.5 Å². The van der Waals surface area contributed by atoms with Crippen molar-refractivity contribution >= 4 is 28.5 Å². The molecule has 0 N–H and O–H groups in total. The number of hydrogen-bond acceptors (Lipinski definition) is 9. The van der Waals surface area contributed by atoms with Crippen LogP contribution in [0.25, 0.3) is 0 Å². The maximum atomic E-state index is 14.1. The van der Waals surface area contributed by atoms with Gasteiger partial charge in [-0.05, 0) is 38.8 Å².